The minimum Gasteiger partial charge on any atom is -0.313 e. The quantitative estimate of drug-likeness (QED) is 0.635. The van der Waals surface area contributed by atoms with Gasteiger partial charge in [-0.2, -0.15) is 5.06 Å². The van der Waals surface area contributed by atoms with Crippen LogP contribution >= 0.6 is 0 Å². The van der Waals surface area contributed by atoms with Crippen molar-refractivity contribution in [3.05, 3.63) is 35.4 Å². The summed E-state index contributed by atoms with van der Waals surface area (Å²) in [5.74, 6) is 0. The van der Waals surface area contributed by atoms with E-state index in [9.17, 15) is 5.21 Å². The van der Waals surface area contributed by atoms with Gasteiger partial charge in [0.25, 0.3) is 0 Å². The molecule has 64 valence electrons. The Bertz CT molecular complexity index is 269. The van der Waals surface area contributed by atoms with Crippen molar-refractivity contribution < 1.29 is 5.21 Å². The highest BCUT2D eigenvalue weighted by Crippen LogP contribution is 2.39. The molecule has 2 atom stereocenters. The molecule has 0 saturated heterocycles. The first-order valence-corrected chi connectivity index (χ1v) is 4.28. The lowest BCUT2D eigenvalue weighted by Crippen LogP contribution is -2.17. The van der Waals surface area contributed by atoms with Crippen molar-refractivity contribution in [1.82, 2.24) is 5.06 Å². The van der Waals surface area contributed by atoms with E-state index < -0.39 is 0 Å². The van der Waals surface area contributed by atoms with Crippen LogP contribution in [0.4, 0.5) is 0 Å². The van der Waals surface area contributed by atoms with Crippen molar-refractivity contribution in [3.8, 4) is 0 Å². The van der Waals surface area contributed by atoms with E-state index in [1.165, 1.54) is 16.2 Å². The summed E-state index contributed by atoms with van der Waals surface area (Å²) in [5.41, 5.74) is 2.49. The molecular formula is C10H13NO. The van der Waals surface area contributed by atoms with E-state index in [0.717, 1.165) is 0 Å². The van der Waals surface area contributed by atoms with Gasteiger partial charge in [-0.05, 0) is 25.0 Å². The van der Waals surface area contributed by atoms with Crippen molar-refractivity contribution in [1.29, 1.82) is 0 Å². The maximum Gasteiger partial charge on any atom is 0.0581 e. The predicted molar refractivity (Wildman–Crippen MR) is 46.9 cm³/mol. The van der Waals surface area contributed by atoms with Crippen LogP contribution in [0.2, 0.25) is 0 Å². The van der Waals surface area contributed by atoms with Crippen molar-refractivity contribution in [2.24, 2.45) is 0 Å². The van der Waals surface area contributed by atoms with Gasteiger partial charge in [-0.3, -0.25) is 0 Å². The smallest absolute Gasteiger partial charge is 0.0581 e. The van der Waals surface area contributed by atoms with Crippen LogP contribution in [0.1, 0.15) is 37.1 Å². The van der Waals surface area contributed by atoms with Gasteiger partial charge in [-0.15, -0.1) is 0 Å². The third-order valence-corrected chi connectivity index (χ3v) is 2.69. The number of benzene rings is 1. The van der Waals surface area contributed by atoms with Gasteiger partial charge in [0, 0.05) is 0 Å². The van der Waals surface area contributed by atoms with Crippen LogP contribution in [0.15, 0.2) is 24.3 Å². The van der Waals surface area contributed by atoms with Crippen molar-refractivity contribution >= 4 is 0 Å². The van der Waals surface area contributed by atoms with E-state index in [1.54, 1.807) is 0 Å². The van der Waals surface area contributed by atoms with Gasteiger partial charge in [0.1, 0.15) is 0 Å². The standard InChI is InChI=1S/C10H13NO/c1-7-9-5-3-4-6-10(9)8(2)11(7)12/h3-8,12H,1-2H3/t7-,8-/m0/s1. The van der Waals surface area contributed by atoms with Crippen LogP contribution in [0.5, 0.6) is 0 Å². The molecule has 1 aromatic rings. The third-order valence-electron chi connectivity index (χ3n) is 2.69. The zero-order valence-corrected chi connectivity index (χ0v) is 7.36. The number of rotatable bonds is 0. The van der Waals surface area contributed by atoms with E-state index in [-0.39, 0.29) is 12.1 Å². The SMILES string of the molecule is C[C@H]1c2ccccc2[C@H](C)N1O. The van der Waals surface area contributed by atoms with Gasteiger partial charge in [-0.25, -0.2) is 0 Å². The second-order valence-corrected chi connectivity index (χ2v) is 3.36. The van der Waals surface area contributed by atoms with Crippen LogP contribution in [0.25, 0.3) is 0 Å². The van der Waals surface area contributed by atoms with Crippen LogP contribution in [0, 0.1) is 0 Å². The van der Waals surface area contributed by atoms with Gasteiger partial charge < -0.3 is 5.21 Å². The number of hydrogen-bond donors (Lipinski definition) is 1. The Labute approximate surface area is 72.4 Å². The molecule has 2 heteroatoms. The Morgan fingerprint density at radius 1 is 1.08 bits per heavy atom. The van der Waals surface area contributed by atoms with Gasteiger partial charge in [-0.1, -0.05) is 24.3 Å². The highest BCUT2D eigenvalue weighted by Gasteiger charge is 2.31. The topological polar surface area (TPSA) is 23.5 Å². The molecule has 0 radical (unpaired) electrons. The largest absolute Gasteiger partial charge is 0.313 e. The fourth-order valence-corrected chi connectivity index (χ4v) is 1.89. The summed E-state index contributed by atoms with van der Waals surface area (Å²) < 4.78 is 0. The van der Waals surface area contributed by atoms with E-state index in [2.05, 4.69) is 12.1 Å². The van der Waals surface area contributed by atoms with E-state index in [1.807, 2.05) is 26.0 Å². The predicted octanol–water partition coefficient (Wildman–Crippen LogP) is 2.51. The molecule has 1 heterocycles. The molecular weight excluding hydrogens is 150 g/mol. The first-order chi connectivity index (χ1) is 5.72. The van der Waals surface area contributed by atoms with Crippen molar-refractivity contribution in [2.75, 3.05) is 0 Å². The van der Waals surface area contributed by atoms with Crippen LogP contribution < -0.4 is 0 Å². The van der Waals surface area contributed by atoms with Gasteiger partial charge in [0.2, 0.25) is 0 Å². The minimum absolute atomic E-state index is 0.135. The average Bonchev–Trinajstić information content (AvgIpc) is 2.33. The van der Waals surface area contributed by atoms with Crippen molar-refractivity contribution in [2.45, 2.75) is 25.9 Å². The second-order valence-electron chi connectivity index (χ2n) is 3.36. The summed E-state index contributed by atoms with van der Waals surface area (Å²) in [4.78, 5) is 0. The Balaban J connectivity index is 2.52. The summed E-state index contributed by atoms with van der Waals surface area (Å²) in [6.45, 7) is 4.03. The van der Waals surface area contributed by atoms with Gasteiger partial charge in [0.05, 0.1) is 12.1 Å². The molecule has 0 spiro atoms. The number of nitrogens with zero attached hydrogens (tertiary/aromatic N) is 1. The Morgan fingerprint density at radius 2 is 1.50 bits per heavy atom. The molecule has 2 nitrogen and oxygen atoms in total. The summed E-state index contributed by atoms with van der Waals surface area (Å²) in [5, 5.41) is 11.0. The second kappa shape index (κ2) is 2.57. The zero-order chi connectivity index (χ0) is 8.72. The fourth-order valence-electron chi connectivity index (χ4n) is 1.89. The molecule has 1 N–H and O–H groups in total. The minimum atomic E-state index is 0.135. The third kappa shape index (κ3) is 0.886. The summed E-state index contributed by atoms with van der Waals surface area (Å²) in [6.07, 6.45) is 0. The molecule has 0 saturated carbocycles. The van der Waals surface area contributed by atoms with Crippen molar-refractivity contribution in [3.63, 3.8) is 0 Å². The molecule has 0 aromatic heterocycles. The summed E-state index contributed by atoms with van der Waals surface area (Å²) in [7, 11) is 0. The Morgan fingerprint density at radius 3 is 1.92 bits per heavy atom. The van der Waals surface area contributed by atoms with Crippen LogP contribution in [0.3, 0.4) is 0 Å². The lowest BCUT2D eigenvalue weighted by molar-refractivity contribution is -0.142. The molecule has 0 unspecified atom stereocenters. The molecule has 2 rings (SSSR count). The van der Waals surface area contributed by atoms with Gasteiger partial charge in [0.15, 0.2) is 0 Å². The lowest BCUT2D eigenvalue weighted by atomic mass is 10.0. The molecule has 0 fully saturated rings. The molecule has 0 aliphatic carbocycles. The summed E-state index contributed by atoms with van der Waals surface area (Å²) in [6, 6.07) is 8.45. The maximum atomic E-state index is 9.62. The van der Waals surface area contributed by atoms with Crippen LogP contribution in [-0.4, -0.2) is 10.3 Å². The first kappa shape index (κ1) is 7.77. The molecule has 1 aliphatic rings. The molecule has 0 amide bonds. The normalized spacial score (nSPS) is 28.9. The van der Waals surface area contributed by atoms with E-state index in [0.29, 0.717) is 0 Å². The molecule has 0 bridgehead atoms. The monoisotopic (exact) mass is 163 g/mol. The summed E-state index contributed by atoms with van der Waals surface area (Å²) >= 11 is 0. The molecule has 1 aromatic carbocycles. The maximum absolute atomic E-state index is 9.62. The number of hydroxylamine groups is 2. The highest BCUT2D eigenvalue weighted by molar-refractivity contribution is 5.35. The van der Waals surface area contributed by atoms with Crippen LogP contribution in [-0.2, 0) is 0 Å². The van der Waals surface area contributed by atoms with Gasteiger partial charge >= 0.3 is 0 Å². The highest BCUT2D eigenvalue weighted by atomic mass is 16.5. The fraction of sp³-hybridized carbons (Fsp3) is 0.400. The zero-order valence-electron chi connectivity index (χ0n) is 7.36. The van der Waals surface area contributed by atoms with E-state index >= 15 is 0 Å². The van der Waals surface area contributed by atoms with E-state index in [4.69, 9.17) is 0 Å². The number of hydrogen-bond acceptors (Lipinski definition) is 2. The Kier molecular flexibility index (Phi) is 1.67. The first-order valence-electron chi connectivity index (χ1n) is 4.28. The number of fused-ring (bicyclic) bond motifs is 1. The Hall–Kier alpha value is -0.860. The molecule has 1 aliphatic heterocycles. The lowest BCUT2D eigenvalue weighted by Gasteiger charge is -2.17. The average molecular weight is 163 g/mol. The molecule has 12 heavy (non-hydrogen) atoms.